The Bertz CT molecular complexity index is 310. The molecule has 1 rings (SSSR count). The lowest BCUT2D eigenvalue weighted by Gasteiger charge is -2.16. The van der Waals surface area contributed by atoms with E-state index in [-0.39, 0.29) is 18.3 Å². The lowest BCUT2D eigenvalue weighted by atomic mass is 9.89. The Kier molecular flexibility index (Phi) is 5.73. The van der Waals surface area contributed by atoms with Crippen molar-refractivity contribution in [2.24, 2.45) is 17.0 Å². The molecule has 96 valence electrons. The summed E-state index contributed by atoms with van der Waals surface area (Å²) in [5.41, 5.74) is 1.01. The molecule has 1 aliphatic rings. The lowest BCUT2D eigenvalue weighted by molar-refractivity contribution is -0.138. The molecule has 1 aliphatic carbocycles. The van der Waals surface area contributed by atoms with E-state index >= 15 is 0 Å². The zero-order chi connectivity index (χ0) is 12.7. The number of oxime groups is 1. The second-order valence-corrected chi connectivity index (χ2v) is 4.38. The van der Waals surface area contributed by atoms with E-state index in [1.807, 2.05) is 0 Å². The summed E-state index contributed by atoms with van der Waals surface area (Å²) < 4.78 is 0. The topological polar surface area (TPSA) is 58.9 Å². The minimum absolute atomic E-state index is 0.197. The van der Waals surface area contributed by atoms with E-state index in [9.17, 15) is 4.79 Å². The first kappa shape index (κ1) is 13.7. The van der Waals surface area contributed by atoms with Gasteiger partial charge in [0.15, 0.2) is 0 Å². The summed E-state index contributed by atoms with van der Waals surface area (Å²) in [6.45, 7) is 2.09. The van der Waals surface area contributed by atoms with Crippen LogP contribution in [0.3, 0.4) is 0 Å². The number of carboxylic acid groups (broad SMARTS) is 1. The van der Waals surface area contributed by atoms with Gasteiger partial charge in [-0.1, -0.05) is 24.2 Å². The third kappa shape index (κ3) is 4.21. The maximum Gasteiger partial charge on any atom is 0.303 e. The van der Waals surface area contributed by atoms with Crippen molar-refractivity contribution in [1.29, 1.82) is 0 Å². The van der Waals surface area contributed by atoms with Gasteiger partial charge in [0, 0.05) is 12.3 Å². The van der Waals surface area contributed by atoms with E-state index < -0.39 is 5.97 Å². The summed E-state index contributed by atoms with van der Waals surface area (Å²) in [5.74, 6) is -0.296. The summed E-state index contributed by atoms with van der Waals surface area (Å²) in [4.78, 5) is 15.6. The van der Waals surface area contributed by atoms with Gasteiger partial charge in [-0.15, -0.1) is 0 Å². The van der Waals surface area contributed by atoms with E-state index in [2.05, 4.69) is 24.2 Å². The van der Waals surface area contributed by atoms with Crippen LogP contribution >= 0.6 is 0 Å². The average molecular weight is 239 g/mol. The van der Waals surface area contributed by atoms with Gasteiger partial charge in [-0.05, 0) is 31.6 Å². The summed E-state index contributed by atoms with van der Waals surface area (Å²) in [6, 6.07) is 0. The van der Waals surface area contributed by atoms with Crippen molar-refractivity contribution >= 4 is 11.7 Å². The average Bonchev–Trinajstić information content (AvgIpc) is 2.62. The highest BCUT2D eigenvalue weighted by Crippen LogP contribution is 2.35. The minimum atomic E-state index is -0.724. The molecule has 1 N–H and O–H groups in total. The largest absolute Gasteiger partial charge is 0.481 e. The lowest BCUT2D eigenvalue weighted by Crippen LogP contribution is -2.17. The van der Waals surface area contributed by atoms with Gasteiger partial charge >= 0.3 is 5.97 Å². The van der Waals surface area contributed by atoms with Crippen LogP contribution in [0.2, 0.25) is 0 Å². The molecule has 2 atom stereocenters. The first-order chi connectivity index (χ1) is 8.19. The highest BCUT2D eigenvalue weighted by Gasteiger charge is 2.33. The molecule has 0 aromatic heterocycles. The van der Waals surface area contributed by atoms with Crippen molar-refractivity contribution in [3.63, 3.8) is 0 Å². The van der Waals surface area contributed by atoms with Crippen LogP contribution in [0.1, 0.15) is 39.0 Å². The maximum atomic E-state index is 10.8. The van der Waals surface area contributed by atoms with Crippen molar-refractivity contribution < 1.29 is 14.7 Å². The molecule has 0 aromatic rings. The third-order valence-electron chi connectivity index (χ3n) is 3.21. The molecule has 17 heavy (non-hydrogen) atoms. The van der Waals surface area contributed by atoms with E-state index in [0.29, 0.717) is 0 Å². The van der Waals surface area contributed by atoms with Crippen LogP contribution in [-0.4, -0.2) is 23.9 Å². The second-order valence-electron chi connectivity index (χ2n) is 4.38. The highest BCUT2D eigenvalue weighted by molar-refractivity contribution is 5.89. The first-order valence-corrected chi connectivity index (χ1v) is 6.15. The third-order valence-corrected chi connectivity index (χ3v) is 3.21. The van der Waals surface area contributed by atoms with Gasteiger partial charge in [0.1, 0.15) is 7.11 Å². The van der Waals surface area contributed by atoms with E-state index in [4.69, 9.17) is 9.94 Å². The molecule has 0 heterocycles. The quantitative estimate of drug-likeness (QED) is 0.572. The molecule has 0 unspecified atom stereocenters. The number of nitrogens with zero attached hydrogens (tertiary/aromatic N) is 1. The monoisotopic (exact) mass is 239 g/mol. The Balaban J connectivity index is 2.68. The zero-order valence-electron chi connectivity index (χ0n) is 10.6. The SMILES string of the molecule is CC/C=C\C[C@H]1/C(=N/OC)CC[C@@H]1CC(=O)O. The zero-order valence-corrected chi connectivity index (χ0v) is 10.6. The summed E-state index contributed by atoms with van der Waals surface area (Å²) in [7, 11) is 1.54. The Hall–Kier alpha value is -1.32. The molecular weight excluding hydrogens is 218 g/mol. The fraction of sp³-hybridized carbons (Fsp3) is 0.692. The Morgan fingerprint density at radius 1 is 1.59 bits per heavy atom. The molecule has 0 radical (unpaired) electrons. The van der Waals surface area contributed by atoms with Crippen molar-refractivity contribution in [1.82, 2.24) is 0 Å². The van der Waals surface area contributed by atoms with Crippen LogP contribution in [0, 0.1) is 11.8 Å². The van der Waals surface area contributed by atoms with Gasteiger partial charge in [0.25, 0.3) is 0 Å². The number of carbonyl (C=O) groups is 1. The Labute approximate surface area is 102 Å². The van der Waals surface area contributed by atoms with Gasteiger partial charge in [0.05, 0.1) is 5.71 Å². The van der Waals surface area contributed by atoms with Crippen LogP contribution in [0.5, 0.6) is 0 Å². The molecule has 0 aliphatic heterocycles. The molecule has 0 spiro atoms. The van der Waals surface area contributed by atoms with Crippen molar-refractivity contribution in [3.05, 3.63) is 12.2 Å². The molecule has 1 saturated carbocycles. The number of carboxylic acids is 1. The second kappa shape index (κ2) is 7.09. The summed E-state index contributed by atoms with van der Waals surface area (Å²) in [5, 5.41) is 12.9. The number of hydrogen-bond donors (Lipinski definition) is 1. The van der Waals surface area contributed by atoms with Crippen LogP contribution in [0.25, 0.3) is 0 Å². The normalized spacial score (nSPS) is 26.8. The molecule has 4 nitrogen and oxygen atoms in total. The van der Waals surface area contributed by atoms with Crippen molar-refractivity contribution in [2.45, 2.75) is 39.0 Å². The standard InChI is InChI=1S/C13H21NO3/c1-3-4-5-6-11-10(9-13(15)16)7-8-12(11)14-17-2/h4-5,10-11H,3,6-9H2,1-2H3,(H,15,16)/b5-4-,14-12+/t10-,11-/m1/s1. The van der Waals surface area contributed by atoms with E-state index in [1.165, 1.54) is 7.11 Å². The number of hydrogen-bond acceptors (Lipinski definition) is 3. The fourth-order valence-corrected chi connectivity index (χ4v) is 2.43. The van der Waals surface area contributed by atoms with Gasteiger partial charge < -0.3 is 9.94 Å². The molecule has 0 saturated heterocycles. The van der Waals surface area contributed by atoms with Crippen LogP contribution in [0.15, 0.2) is 17.3 Å². The van der Waals surface area contributed by atoms with Crippen molar-refractivity contribution in [3.8, 4) is 0 Å². The highest BCUT2D eigenvalue weighted by atomic mass is 16.6. The Morgan fingerprint density at radius 2 is 2.35 bits per heavy atom. The van der Waals surface area contributed by atoms with Crippen LogP contribution in [0.4, 0.5) is 0 Å². The summed E-state index contributed by atoms with van der Waals surface area (Å²) >= 11 is 0. The predicted octanol–water partition coefficient (Wildman–Crippen LogP) is 2.85. The van der Waals surface area contributed by atoms with Gasteiger partial charge in [-0.3, -0.25) is 4.79 Å². The maximum absolute atomic E-state index is 10.8. The van der Waals surface area contributed by atoms with E-state index in [1.54, 1.807) is 0 Å². The minimum Gasteiger partial charge on any atom is -0.481 e. The summed E-state index contributed by atoms with van der Waals surface area (Å²) in [6.07, 6.45) is 8.10. The van der Waals surface area contributed by atoms with Crippen molar-refractivity contribution in [2.75, 3.05) is 7.11 Å². The fourth-order valence-electron chi connectivity index (χ4n) is 2.43. The predicted molar refractivity (Wildman–Crippen MR) is 67.0 cm³/mol. The van der Waals surface area contributed by atoms with Gasteiger partial charge in [-0.25, -0.2) is 0 Å². The molecule has 1 fully saturated rings. The van der Waals surface area contributed by atoms with Crippen LogP contribution < -0.4 is 0 Å². The van der Waals surface area contributed by atoms with Crippen LogP contribution in [-0.2, 0) is 9.63 Å². The van der Waals surface area contributed by atoms with Gasteiger partial charge in [0.2, 0.25) is 0 Å². The Morgan fingerprint density at radius 3 is 2.94 bits per heavy atom. The molecule has 0 aromatic carbocycles. The molecular formula is C13H21NO3. The van der Waals surface area contributed by atoms with Gasteiger partial charge in [-0.2, -0.15) is 0 Å². The first-order valence-electron chi connectivity index (χ1n) is 6.15. The number of allylic oxidation sites excluding steroid dienone is 2. The molecule has 0 amide bonds. The number of rotatable bonds is 6. The molecule has 4 heteroatoms. The smallest absolute Gasteiger partial charge is 0.303 e. The van der Waals surface area contributed by atoms with E-state index in [0.717, 1.165) is 31.4 Å². The molecule has 0 bridgehead atoms. The number of aliphatic carboxylic acids is 1.